The summed E-state index contributed by atoms with van der Waals surface area (Å²) in [5.41, 5.74) is 3.06. The molecule has 282 valence electrons. The molecular weight excluding hydrogens is 733 g/mol. The van der Waals surface area contributed by atoms with Crippen LogP contribution in [0.2, 0.25) is 0 Å². The Labute approximate surface area is 334 Å². The molecule has 7 heteroatoms. The highest BCUT2D eigenvalue weighted by Gasteiger charge is 2.18. The molecule has 0 saturated heterocycles. The molecule has 2 nitrogen and oxygen atoms in total. The molecule has 5 aromatic heterocycles. The lowest BCUT2D eigenvalue weighted by molar-refractivity contribution is -0.137. The van der Waals surface area contributed by atoms with Gasteiger partial charge in [-0.2, -0.15) is 0 Å². The third-order valence-corrected chi connectivity index (χ3v) is 16.4. The largest absolute Gasteiger partial charge is 0.481 e. The smallest absolute Gasteiger partial charge is 0.303 e. The zero-order valence-corrected chi connectivity index (χ0v) is 35.9. The van der Waals surface area contributed by atoms with Crippen LogP contribution in [-0.4, -0.2) is 11.1 Å². The fourth-order valence-corrected chi connectivity index (χ4v) is 12.9. The number of carbonyl (C=O) groups is 1. The maximum absolute atomic E-state index is 11.0. The summed E-state index contributed by atoms with van der Waals surface area (Å²) >= 11 is 9.77. The van der Waals surface area contributed by atoms with E-state index < -0.39 is 5.97 Å². The Bertz CT molecular complexity index is 1760. The van der Waals surface area contributed by atoms with Gasteiger partial charge in [0.2, 0.25) is 0 Å². The van der Waals surface area contributed by atoms with E-state index in [4.69, 9.17) is 5.11 Å². The molecule has 0 radical (unpaired) electrons. The first-order chi connectivity index (χ1) is 25.5. The number of aliphatic carboxylic acids is 1. The van der Waals surface area contributed by atoms with Crippen molar-refractivity contribution in [1.29, 1.82) is 0 Å². The van der Waals surface area contributed by atoms with Crippen LogP contribution >= 0.6 is 56.7 Å². The van der Waals surface area contributed by atoms with Crippen LogP contribution in [0.15, 0.2) is 48.5 Å². The second-order valence-electron chi connectivity index (χ2n) is 14.4. The maximum Gasteiger partial charge on any atom is 0.303 e. The second kappa shape index (κ2) is 22.4. The predicted molar refractivity (Wildman–Crippen MR) is 236 cm³/mol. The van der Waals surface area contributed by atoms with Gasteiger partial charge in [-0.1, -0.05) is 97.8 Å². The van der Waals surface area contributed by atoms with Crippen molar-refractivity contribution in [2.75, 3.05) is 0 Å². The van der Waals surface area contributed by atoms with Crippen molar-refractivity contribution in [3.05, 3.63) is 69.4 Å². The number of unbranched alkanes of at least 4 members (excludes halogenated alkanes) is 12. The molecule has 1 N–H and O–H groups in total. The van der Waals surface area contributed by atoms with Crippen LogP contribution in [0, 0.1) is 0 Å². The second-order valence-corrected chi connectivity index (χ2v) is 19.9. The Morgan fingerprint density at radius 2 is 0.904 bits per heavy atom. The molecule has 5 heterocycles. The van der Waals surface area contributed by atoms with Crippen LogP contribution in [0.3, 0.4) is 0 Å². The van der Waals surface area contributed by atoms with E-state index in [0.717, 1.165) is 12.8 Å². The first-order valence-corrected chi connectivity index (χ1v) is 24.3. The Hall–Kier alpha value is -2.03. The van der Waals surface area contributed by atoms with E-state index in [1.54, 1.807) is 10.4 Å². The summed E-state index contributed by atoms with van der Waals surface area (Å²) in [7, 11) is 0. The van der Waals surface area contributed by atoms with Gasteiger partial charge in [-0.25, -0.2) is 0 Å². The summed E-state index contributed by atoms with van der Waals surface area (Å²) < 4.78 is 0. The fraction of sp³-hybridized carbons (Fsp3) is 0.533. The van der Waals surface area contributed by atoms with Gasteiger partial charge in [0.1, 0.15) is 0 Å². The lowest BCUT2D eigenvalue weighted by atomic mass is 10.0. The van der Waals surface area contributed by atoms with Crippen molar-refractivity contribution in [2.24, 2.45) is 0 Å². The minimum Gasteiger partial charge on any atom is -0.481 e. The zero-order valence-electron chi connectivity index (χ0n) is 31.9. The summed E-state index contributed by atoms with van der Waals surface area (Å²) in [6.45, 7) is 6.89. The van der Waals surface area contributed by atoms with Crippen molar-refractivity contribution in [3.63, 3.8) is 0 Å². The molecule has 0 unspecified atom stereocenters. The number of aryl methyl sites for hydroxylation is 4. The van der Waals surface area contributed by atoms with Gasteiger partial charge in [0, 0.05) is 55.2 Å². The van der Waals surface area contributed by atoms with E-state index in [1.165, 1.54) is 159 Å². The van der Waals surface area contributed by atoms with E-state index in [0.29, 0.717) is 6.42 Å². The topological polar surface area (TPSA) is 37.3 Å². The number of thiophene rings is 5. The minimum atomic E-state index is -0.710. The summed E-state index contributed by atoms with van der Waals surface area (Å²) in [6.07, 6.45) is 25.3. The molecule has 0 spiro atoms. The SMILES string of the molecule is CCCCCCCCCCc1cc(CCCCC)c(-c2ccc(-c3ccc(-c4sc(-c5ccc(CCCC(=O)O)s5)cc4CCCCCC)s3)s2)s1. The first kappa shape index (κ1) is 41.1. The highest BCUT2D eigenvalue weighted by Crippen LogP contribution is 2.47. The maximum atomic E-state index is 11.0. The predicted octanol–water partition coefficient (Wildman–Crippen LogP) is 16.6. The van der Waals surface area contributed by atoms with E-state index in [-0.39, 0.29) is 6.42 Å². The van der Waals surface area contributed by atoms with Crippen molar-refractivity contribution in [2.45, 2.75) is 156 Å². The van der Waals surface area contributed by atoms with Crippen molar-refractivity contribution < 1.29 is 9.90 Å². The van der Waals surface area contributed by atoms with Gasteiger partial charge in [0.05, 0.1) is 0 Å². The van der Waals surface area contributed by atoms with Crippen LogP contribution in [0.1, 0.15) is 151 Å². The molecule has 0 atom stereocenters. The van der Waals surface area contributed by atoms with Gasteiger partial charge in [-0.05, 0) is 111 Å². The molecule has 0 bridgehead atoms. The lowest BCUT2D eigenvalue weighted by Gasteiger charge is -2.02. The molecule has 0 aliphatic carbocycles. The molecule has 0 saturated carbocycles. The van der Waals surface area contributed by atoms with Crippen LogP contribution in [-0.2, 0) is 30.5 Å². The highest BCUT2D eigenvalue weighted by molar-refractivity contribution is 7.29. The average Bonchev–Trinajstić information content (AvgIpc) is 3.98. The van der Waals surface area contributed by atoms with Crippen molar-refractivity contribution in [3.8, 4) is 39.0 Å². The zero-order chi connectivity index (χ0) is 36.5. The summed E-state index contributed by atoms with van der Waals surface area (Å²) in [5, 5.41) is 9.07. The number of hydrogen-bond acceptors (Lipinski definition) is 6. The highest BCUT2D eigenvalue weighted by atomic mass is 32.1. The molecular formula is C45H60O2S5. The van der Waals surface area contributed by atoms with Gasteiger partial charge in [0.15, 0.2) is 0 Å². The Morgan fingerprint density at radius 1 is 0.442 bits per heavy atom. The van der Waals surface area contributed by atoms with Gasteiger partial charge in [-0.3, -0.25) is 4.79 Å². The van der Waals surface area contributed by atoms with Crippen LogP contribution < -0.4 is 0 Å². The molecule has 0 fully saturated rings. The van der Waals surface area contributed by atoms with E-state index in [9.17, 15) is 4.79 Å². The number of carboxylic acids is 1. The summed E-state index contributed by atoms with van der Waals surface area (Å²) in [5.74, 6) is -0.710. The summed E-state index contributed by atoms with van der Waals surface area (Å²) in [4.78, 5) is 25.1. The Morgan fingerprint density at radius 3 is 1.56 bits per heavy atom. The molecule has 5 aromatic rings. The lowest BCUT2D eigenvalue weighted by Crippen LogP contribution is -1.94. The fourth-order valence-electron chi connectivity index (χ4n) is 6.93. The number of carboxylic acid groups (broad SMARTS) is 1. The monoisotopic (exact) mass is 792 g/mol. The van der Waals surface area contributed by atoms with Gasteiger partial charge >= 0.3 is 5.97 Å². The third-order valence-electron chi connectivity index (χ3n) is 9.92. The molecule has 0 aromatic carbocycles. The van der Waals surface area contributed by atoms with Crippen LogP contribution in [0.4, 0.5) is 0 Å². The molecule has 0 aliphatic rings. The molecule has 5 rings (SSSR count). The van der Waals surface area contributed by atoms with Gasteiger partial charge < -0.3 is 5.11 Å². The minimum absolute atomic E-state index is 0.235. The van der Waals surface area contributed by atoms with Crippen molar-refractivity contribution in [1.82, 2.24) is 0 Å². The average molecular weight is 793 g/mol. The van der Waals surface area contributed by atoms with Gasteiger partial charge in [-0.15, -0.1) is 56.7 Å². The normalized spacial score (nSPS) is 11.6. The first-order valence-electron chi connectivity index (χ1n) is 20.2. The standard InChI is InChI=1S/C45H60O2S5/c1-4-7-10-12-13-14-15-18-22-36-31-33(20-16-9-6-3)44(49-36)40-29-27-37(50-40)38-28-30-41(51-38)45-34(21-17-11-8-5-2)32-42(52-45)39-26-25-35(48-39)23-19-24-43(46)47/h25-32H,4-24H2,1-3H3,(H,46,47). The van der Waals surface area contributed by atoms with E-state index >= 15 is 0 Å². The molecule has 52 heavy (non-hydrogen) atoms. The Kier molecular flexibility index (Phi) is 17.7. The van der Waals surface area contributed by atoms with Crippen LogP contribution in [0.5, 0.6) is 0 Å². The van der Waals surface area contributed by atoms with E-state index in [1.807, 2.05) is 45.3 Å². The van der Waals surface area contributed by atoms with Gasteiger partial charge in [0.25, 0.3) is 0 Å². The molecule has 0 aliphatic heterocycles. The third kappa shape index (κ3) is 12.5. The van der Waals surface area contributed by atoms with Crippen molar-refractivity contribution >= 4 is 62.7 Å². The Balaban J connectivity index is 1.30. The number of rotatable bonds is 26. The number of hydrogen-bond donors (Lipinski definition) is 1. The summed E-state index contributed by atoms with van der Waals surface area (Å²) in [6, 6.07) is 18.9. The van der Waals surface area contributed by atoms with Crippen LogP contribution in [0.25, 0.3) is 39.0 Å². The van der Waals surface area contributed by atoms with E-state index in [2.05, 4.69) is 80.6 Å². The molecule has 0 amide bonds. The quantitative estimate of drug-likeness (QED) is 0.0566.